The molecular weight excluding hydrogens is 335 g/mol. The summed E-state index contributed by atoms with van der Waals surface area (Å²) < 4.78 is 7.88. The molecule has 0 spiro atoms. The molecule has 1 aliphatic heterocycles. The number of halogens is 1. The average Bonchev–Trinajstić information content (AvgIpc) is 2.72. The topological polar surface area (TPSA) is 64.1 Å². The number of hydrogen-bond donors (Lipinski definition) is 1. The van der Waals surface area contributed by atoms with Gasteiger partial charge in [0.1, 0.15) is 0 Å². The lowest BCUT2D eigenvalue weighted by Crippen LogP contribution is -2.33. The Bertz CT molecular complexity index is 557. The van der Waals surface area contributed by atoms with Crippen LogP contribution in [0.5, 0.6) is 0 Å². The number of aromatic amines is 1. The Hall–Kier alpha value is -1.07. The molecule has 1 fully saturated rings. The van der Waals surface area contributed by atoms with Crippen LogP contribution in [0.4, 0.5) is 0 Å². The fourth-order valence-electron chi connectivity index (χ4n) is 1.88. The van der Waals surface area contributed by atoms with E-state index < -0.39 is 17.5 Å². The number of rotatable bonds is 2. The highest BCUT2D eigenvalue weighted by molar-refractivity contribution is 14.1. The maximum absolute atomic E-state index is 11.6. The lowest BCUT2D eigenvalue weighted by atomic mass is 10.1. The average molecular weight is 346 g/mol. The summed E-state index contributed by atoms with van der Waals surface area (Å²) in [6.07, 6.45) is 7.17. The van der Waals surface area contributed by atoms with Gasteiger partial charge in [-0.3, -0.25) is 14.3 Å². The summed E-state index contributed by atoms with van der Waals surface area (Å²) in [6.45, 7) is 0. The van der Waals surface area contributed by atoms with Crippen molar-refractivity contribution in [3.05, 3.63) is 33.1 Å². The molecule has 2 heterocycles. The SMILES string of the molecule is C#C[C@H]1C[C@@H](CI)O[C@H]1n1ccc(=O)[nH]c1=O. The summed E-state index contributed by atoms with van der Waals surface area (Å²) in [7, 11) is 0. The van der Waals surface area contributed by atoms with E-state index in [9.17, 15) is 9.59 Å². The standard InChI is InChI=1S/C11H11IN2O3/c1-2-7-5-8(6-12)17-10(7)14-4-3-9(15)13-11(14)16/h1,3-4,7-8,10H,5-6H2,(H,13,15,16)/t7-,8-,10+/m0/s1. The number of ether oxygens (including phenoxy) is 1. The largest absolute Gasteiger partial charge is 0.352 e. The number of aromatic nitrogens is 2. The molecule has 1 saturated heterocycles. The number of nitrogens with zero attached hydrogens (tertiary/aromatic N) is 1. The molecule has 1 aliphatic rings. The fourth-order valence-corrected chi connectivity index (χ4v) is 2.45. The molecule has 0 amide bonds. The fraction of sp³-hybridized carbons (Fsp3) is 0.455. The second-order valence-corrected chi connectivity index (χ2v) is 4.71. The quantitative estimate of drug-likeness (QED) is 0.482. The molecule has 90 valence electrons. The lowest BCUT2D eigenvalue weighted by Gasteiger charge is -2.16. The van der Waals surface area contributed by atoms with Crippen LogP contribution in [0.2, 0.25) is 0 Å². The van der Waals surface area contributed by atoms with Crippen molar-refractivity contribution in [2.75, 3.05) is 4.43 Å². The molecule has 2 rings (SSSR count). The monoisotopic (exact) mass is 346 g/mol. The molecule has 1 aromatic rings. The van der Waals surface area contributed by atoms with E-state index in [1.165, 1.54) is 16.8 Å². The Morgan fingerprint density at radius 3 is 3.00 bits per heavy atom. The van der Waals surface area contributed by atoms with Gasteiger partial charge in [0.15, 0.2) is 6.23 Å². The molecule has 0 bridgehead atoms. The van der Waals surface area contributed by atoms with Crippen molar-refractivity contribution >= 4 is 22.6 Å². The highest BCUT2D eigenvalue weighted by atomic mass is 127. The van der Waals surface area contributed by atoms with Crippen LogP contribution in [0, 0.1) is 18.3 Å². The number of H-pyrrole nitrogens is 1. The van der Waals surface area contributed by atoms with Crippen LogP contribution in [-0.2, 0) is 4.74 Å². The summed E-state index contributed by atoms with van der Waals surface area (Å²) in [6, 6.07) is 1.29. The zero-order valence-corrected chi connectivity index (χ0v) is 11.1. The van der Waals surface area contributed by atoms with E-state index in [4.69, 9.17) is 11.2 Å². The van der Waals surface area contributed by atoms with E-state index in [0.717, 1.165) is 10.8 Å². The molecular formula is C11H11IN2O3. The van der Waals surface area contributed by atoms with Crippen molar-refractivity contribution in [1.29, 1.82) is 0 Å². The van der Waals surface area contributed by atoms with Crippen molar-refractivity contribution in [3.63, 3.8) is 0 Å². The van der Waals surface area contributed by atoms with Crippen LogP contribution in [0.25, 0.3) is 0 Å². The molecule has 6 heteroatoms. The maximum Gasteiger partial charge on any atom is 0.330 e. The van der Waals surface area contributed by atoms with Gasteiger partial charge in [-0.25, -0.2) is 4.79 Å². The van der Waals surface area contributed by atoms with Gasteiger partial charge in [0.05, 0.1) is 12.0 Å². The first-order valence-corrected chi connectivity index (χ1v) is 6.67. The predicted octanol–water partition coefficient (Wildman–Crippen LogP) is 0.508. The van der Waals surface area contributed by atoms with Gasteiger partial charge in [-0.2, -0.15) is 0 Å². The summed E-state index contributed by atoms with van der Waals surface area (Å²) in [5, 5.41) is 0. The second kappa shape index (κ2) is 5.06. The minimum absolute atomic E-state index is 0.0560. The number of nitrogens with one attached hydrogen (secondary N) is 1. The summed E-state index contributed by atoms with van der Waals surface area (Å²) in [5.74, 6) is 2.50. The van der Waals surface area contributed by atoms with Gasteiger partial charge in [-0.1, -0.05) is 28.5 Å². The van der Waals surface area contributed by atoms with E-state index in [1.54, 1.807) is 0 Å². The van der Waals surface area contributed by atoms with Gasteiger partial charge in [0, 0.05) is 16.7 Å². The second-order valence-electron chi connectivity index (χ2n) is 3.83. The Balaban J connectivity index is 2.36. The van der Waals surface area contributed by atoms with E-state index >= 15 is 0 Å². The van der Waals surface area contributed by atoms with Crippen LogP contribution >= 0.6 is 22.6 Å². The van der Waals surface area contributed by atoms with Crippen LogP contribution < -0.4 is 11.2 Å². The molecule has 1 N–H and O–H groups in total. The first-order chi connectivity index (χ1) is 8.15. The van der Waals surface area contributed by atoms with Crippen molar-refractivity contribution in [1.82, 2.24) is 9.55 Å². The number of terminal acetylenes is 1. The van der Waals surface area contributed by atoms with Crippen molar-refractivity contribution in [3.8, 4) is 12.3 Å². The van der Waals surface area contributed by atoms with Gasteiger partial charge in [-0.05, 0) is 6.42 Å². The van der Waals surface area contributed by atoms with Crippen LogP contribution in [-0.4, -0.2) is 20.1 Å². The van der Waals surface area contributed by atoms with Crippen molar-refractivity contribution in [2.45, 2.75) is 18.8 Å². The third kappa shape index (κ3) is 2.45. The minimum Gasteiger partial charge on any atom is -0.352 e. The minimum atomic E-state index is -0.489. The first kappa shape index (κ1) is 12.4. The molecule has 0 aliphatic carbocycles. The Kier molecular flexibility index (Phi) is 3.69. The molecule has 3 atom stereocenters. The zero-order valence-electron chi connectivity index (χ0n) is 8.93. The maximum atomic E-state index is 11.6. The highest BCUT2D eigenvalue weighted by Gasteiger charge is 2.35. The van der Waals surface area contributed by atoms with E-state index in [2.05, 4.69) is 33.5 Å². The van der Waals surface area contributed by atoms with E-state index in [1.807, 2.05) is 0 Å². The predicted molar refractivity (Wildman–Crippen MR) is 71.1 cm³/mol. The van der Waals surface area contributed by atoms with Crippen molar-refractivity contribution < 1.29 is 4.74 Å². The molecule has 5 nitrogen and oxygen atoms in total. The molecule has 17 heavy (non-hydrogen) atoms. The summed E-state index contributed by atoms with van der Waals surface area (Å²) >= 11 is 2.22. The van der Waals surface area contributed by atoms with Crippen LogP contribution in [0.15, 0.2) is 21.9 Å². The normalized spacial score (nSPS) is 27.9. The molecule has 0 unspecified atom stereocenters. The van der Waals surface area contributed by atoms with Gasteiger partial charge in [0.25, 0.3) is 5.56 Å². The Morgan fingerprint density at radius 2 is 2.41 bits per heavy atom. The molecule has 0 saturated carbocycles. The van der Waals surface area contributed by atoms with Gasteiger partial charge in [-0.15, -0.1) is 6.42 Å². The number of alkyl halides is 1. The van der Waals surface area contributed by atoms with E-state index in [-0.39, 0.29) is 12.0 Å². The van der Waals surface area contributed by atoms with Gasteiger partial charge >= 0.3 is 5.69 Å². The zero-order chi connectivity index (χ0) is 12.4. The molecule has 0 radical (unpaired) electrons. The smallest absolute Gasteiger partial charge is 0.330 e. The van der Waals surface area contributed by atoms with Gasteiger partial charge < -0.3 is 4.74 Å². The first-order valence-electron chi connectivity index (χ1n) is 5.14. The highest BCUT2D eigenvalue weighted by Crippen LogP contribution is 2.33. The van der Waals surface area contributed by atoms with Crippen molar-refractivity contribution in [2.24, 2.45) is 5.92 Å². The summed E-state index contributed by atoms with van der Waals surface area (Å²) in [5.41, 5.74) is -0.913. The lowest BCUT2D eigenvalue weighted by molar-refractivity contribution is 0.00237. The van der Waals surface area contributed by atoms with E-state index in [0.29, 0.717) is 0 Å². The third-order valence-electron chi connectivity index (χ3n) is 2.70. The van der Waals surface area contributed by atoms with Crippen LogP contribution in [0.3, 0.4) is 0 Å². The Labute approximate surface area is 111 Å². The Morgan fingerprint density at radius 1 is 1.65 bits per heavy atom. The third-order valence-corrected chi connectivity index (χ3v) is 3.69. The van der Waals surface area contributed by atoms with Gasteiger partial charge in [0.2, 0.25) is 0 Å². The van der Waals surface area contributed by atoms with Crippen LogP contribution in [0.1, 0.15) is 12.6 Å². The molecule has 1 aromatic heterocycles. The molecule has 0 aromatic carbocycles. The number of hydrogen-bond acceptors (Lipinski definition) is 3. The summed E-state index contributed by atoms with van der Waals surface area (Å²) in [4.78, 5) is 24.8.